The minimum Gasteiger partial charge on any atom is -0.481 e. The molecule has 19 heavy (non-hydrogen) atoms. The molecule has 1 aliphatic heterocycles. The molecule has 1 fully saturated rings. The topological polar surface area (TPSA) is 127 Å². The lowest BCUT2D eigenvalue weighted by Crippen LogP contribution is -2.51. The zero-order valence-electron chi connectivity index (χ0n) is 10.4. The second-order valence-corrected chi connectivity index (χ2v) is 4.55. The number of hydrogen-bond acceptors (Lipinski definition) is 4. The van der Waals surface area contributed by atoms with Crippen molar-refractivity contribution >= 4 is 18.0 Å². The summed E-state index contributed by atoms with van der Waals surface area (Å²) in [7, 11) is 0. The smallest absolute Gasteiger partial charge is 0.326 e. The molecule has 8 heteroatoms. The van der Waals surface area contributed by atoms with Gasteiger partial charge in [0.2, 0.25) is 0 Å². The van der Waals surface area contributed by atoms with Gasteiger partial charge in [-0.25, -0.2) is 9.59 Å². The van der Waals surface area contributed by atoms with Gasteiger partial charge in [-0.15, -0.1) is 0 Å². The standard InChI is InChI=1S/C11H18N2O6/c14-6-7-1-3-13(4-2-7)11(19)12-8(10(17)18)5-9(15)16/h7-8,14H,1-6H2,(H,12,19)(H,15,16)(H,17,18)/t8-/m0/s1. The van der Waals surface area contributed by atoms with Crippen molar-refractivity contribution in [2.24, 2.45) is 5.92 Å². The monoisotopic (exact) mass is 274 g/mol. The normalized spacial score (nSPS) is 17.8. The van der Waals surface area contributed by atoms with Gasteiger partial charge in [0.1, 0.15) is 6.04 Å². The van der Waals surface area contributed by atoms with Gasteiger partial charge in [0.25, 0.3) is 0 Å². The highest BCUT2D eigenvalue weighted by molar-refractivity contribution is 5.86. The fourth-order valence-corrected chi connectivity index (χ4v) is 1.93. The summed E-state index contributed by atoms with van der Waals surface area (Å²) in [5.41, 5.74) is 0. The second kappa shape index (κ2) is 6.93. The van der Waals surface area contributed by atoms with E-state index in [0.717, 1.165) is 0 Å². The van der Waals surface area contributed by atoms with Gasteiger partial charge in [-0.2, -0.15) is 0 Å². The van der Waals surface area contributed by atoms with Crippen molar-refractivity contribution in [3.63, 3.8) is 0 Å². The Morgan fingerprint density at radius 1 is 1.21 bits per heavy atom. The fraction of sp³-hybridized carbons (Fsp3) is 0.727. The minimum absolute atomic E-state index is 0.0756. The third-order valence-corrected chi connectivity index (χ3v) is 3.13. The molecule has 0 bridgehead atoms. The fourth-order valence-electron chi connectivity index (χ4n) is 1.93. The molecule has 0 radical (unpaired) electrons. The highest BCUT2D eigenvalue weighted by atomic mass is 16.4. The Morgan fingerprint density at radius 2 is 1.79 bits per heavy atom. The van der Waals surface area contributed by atoms with Gasteiger partial charge < -0.3 is 25.5 Å². The maximum Gasteiger partial charge on any atom is 0.326 e. The highest BCUT2D eigenvalue weighted by Crippen LogP contribution is 2.16. The van der Waals surface area contributed by atoms with Crippen molar-refractivity contribution in [2.45, 2.75) is 25.3 Å². The van der Waals surface area contributed by atoms with E-state index in [1.807, 2.05) is 0 Å². The number of aliphatic hydroxyl groups is 1. The molecular formula is C11H18N2O6. The van der Waals surface area contributed by atoms with E-state index in [2.05, 4.69) is 5.32 Å². The molecule has 1 rings (SSSR count). The SMILES string of the molecule is O=C(O)C[C@H](NC(=O)N1CCC(CO)CC1)C(=O)O. The van der Waals surface area contributed by atoms with E-state index >= 15 is 0 Å². The summed E-state index contributed by atoms with van der Waals surface area (Å²) in [6.45, 7) is 0.930. The number of hydrogen-bond donors (Lipinski definition) is 4. The van der Waals surface area contributed by atoms with E-state index in [4.69, 9.17) is 15.3 Å². The Kier molecular flexibility index (Phi) is 5.56. The van der Waals surface area contributed by atoms with E-state index in [9.17, 15) is 14.4 Å². The molecule has 8 nitrogen and oxygen atoms in total. The van der Waals surface area contributed by atoms with Crippen LogP contribution in [0.25, 0.3) is 0 Å². The van der Waals surface area contributed by atoms with Crippen LogP contribution in [0.3, 0.4) is 0 Å². The van der Waals surface area contributed by atoms with Gasteiger partial charge in [0, 0.05) is 19.7 Å². The number of carboxylic acid groups (broad SMARTS) is 2. The van der Waals surface area contributed by atoms with Crippen LogP contribution in [-0.2, 0) is 9.59 Å². The highest BCUT2D eigenvalue weighted by Gasteiger charge is 2.27. The van der Waals surface area contributed by atoms with E-state index < -0.39 is 30.4 Å². The third kappa shape index (κ3) is 4.74. The minimum atomic E-state index is -1.43. The molecule has 0 spiro atoms. The van der Waals surface area contributed by atoms with Crippen LogP contribution in [0.2, 0.25) is 0 Å². The van der Waals surface area contributed by atoms with Crippen molar-refractivity contribution in [2.75, 3.05) is 19.7 Å². The summed E-state index contributed by atoms with van der Waals surface area (Å²) in [5, 5.41) is 28.6. The zero-order chi connectivity index (χ0) is 14.4. The molecule has 0 aromatic carbocycles. The Hall–Kier alpha value is -1.83. The molecule has 2 amide bonds. The number of nitrogens with one attached hydrogen (secondary N) is 1. The number of aliphatic hydroxyl groups excluding tert-OH is 1. The number of rotatable bonds is 5. The van der Waals surface area contributed by atoms with Crippen molar-refractivity contribution in [1.82, 2.24) is 10.2 Å². The number of amides is 2. The first-order chi connectivity index (χ1) is 8.93. The lowest BCUT2D eigenvalue weighted by atomic mass is 9.98. The predicted octanol–water partition coefficient (Wildman–Crippen LogP) is -0.672. The second-order valence-electron chi connectivity index (χ2n) is 4.55. The number of carbonyl (C=O) groups excluding carboxylic acids is 1. The predicted molar refractivity (Wildman–Crippen MR) is 63.6 cm³/mol. The molecule has 4 N–H and O–H groups in total. The van der Waals surface area contributed by atoms with Crippen LogP contribution in [0.4, 0.5) is 4.79 Å². The van der Waals surface area contributed by atoms with Crippen LogP contribution in [-0.4, -0.2) is 63.9 Å². The Bertz CT molecular complexity index is 351. The van der Waals surface area contributed by atoms with Crippen LogP contribution in [0.15, 0.2) is 0 Å². The van der Waals surface area contributed by atoms with Crippen LogP contribution >= 0.6 is 0 Å². The number of likely N-dealkylation sites (tertiary alicyclic amines) is 1. The van der Waals surface area contributed by atoms with Crippen LogP contribution in [0.1, 0.15) is 19.3 Å². The van der Waals surface area contributed by atoms with Crippen LogP contribution in [0.5, 0.6) is 0 Å². The Balaban J connectivity index is 2.48. The van der Waals surface area contributed by atoms with Gasteiger partial charge >= 0.3 is 18.0 Å². The van der Waals surface area contributed by atoms with E-state index in [0.29, 0.717) is 25.9 Å². The summed E-state index contributed by atoms with van der Waals surface area (Å²) >= 11 is 0. The van der Waals surface area contributed by atoms with Gasteiger partial charge in [0.05, 0.1) is 6.42 Å². The van der Waals surface area contributed by atoms with Crippen molar-refractivity contribution in [3.05, 3.63) is 0 Å². The number of urea groups is 1. The average molecular weight is 274 g/mol. The molecule has 108 valence electrons. The summed E-state index contributed by atoms with van der Waals surface area (Å²) in [5.74, 6) is -2.49. The molecule has 1 saturated heterocycles. The molecule has 1 aliphatic rings. The number of carboxylic acids is 2. The summed E-state index contributed by atoms with van der Waals surface area (Å²) < 4.78 is 0. The Labute approximate surface area is 110 Å². The first-order valence-corrected chi connectivity index (χ1v) is 6.05. The first kappa shape index (κ1) is 15.2. The summed E-state index contributed by atoms with van der Waals surface area (Å²) in [6, 6.07) is -2.01. The average Bonchev–Trinajstić information content (AvgIpc) is 2.37. The van der Waals surface area contributed by atoms with Crippen LogP contribution < -0.4 is 5.32 Å². The molecular weight excluding hydrogens is 256 g/mol. The van der Waals surface area contributed by atoms with Crippen molar-refractivity contribution in [1.29, 1.82) is 0 Å². The van der Waals surface area contributed by atoms with Gasteiger partial charge in [-0.1, -0.05) is 0 Å². The molecule has 0 aliphatic carbocycles. The lowest BCUT2D eigenvalue weighted by molar-refractivity contribution is -0.145. The van der Waals surface area contributed by atoms with E-state index in [1.54, 1.807) is 0 Å². The van der Waals surface area contributed by atoms with E-state index in [-0.39, 0.29) is 12.5 Å². The van der Waals surface area contributed by atoms with E-state index in [1.165, 1.54) is 4.90 Å². The van der Waals surface area contributed by atoms with Gasteiger partial charge in [-0.05, 0) is 18.8 Å². The molecule has 1 heterocycles. The van der Waals surface area contributed by atoms with Crippen LogP contribution in [0, 0.1) is 5.92 Å². The lowest BCUT2D eigenvalue weighted by Gasteiger charge is -2.31. The molecule has 0 unspecified atom stereocenters. The number of nitrogens with zero attached hydrogens (tertiary/aromatic N) is 1. The number of aliphatic carboxylic acids is 2. The molecule has 0 saturated carbocycles. The maximum atomic E-state index is 11.8. The molecule has 0 aromatic heterocycles. The molecule has 0 aromatic rings. The summed E-state index contributed by atoms with van der Waals surface area (Å²) in [6.07, 6.45) is 0.648. The number of piperidine rings is 1. The number of carbonyl (C=O) groups is 3. The zero-order valence-corrected chi connectivity index (χ0v) is 10.4. The first-order valence-electron chi connectivity index (χ1n) is 6.05. The molecule has 1 atom stereocenters. The summed E-state index contributed by atoms with van der Waals surface area (Å²) in [4.78, 5) is 34.5. The quantitative estimate of drug-likeness (QED) is 0.526. The third-order valence-electron chi connectivity index (χ3n) is 3.13. The van der Waals surface area contributed by atoms with Gasteiger partial charge in [0.15, 0.2) is 0 Å². The van der Waals surface area contributed by atoms with Gasteiger partial charge in [-0.3, -0.25) is 4.79 Å². The van der Waals surface area contributed by atoms with Crippen molar-refractivity contribution < 1.29 is 29.7 Å². The largest absolute Gasteiger partial charge is 0.481 e. The van der Waals surface area contributed by atoms with Crippen molar-refractivity contribution in [3.8, 4) is 0 Å². The maximum absolute atomic E-state index is 11.8. The Morgan fingerprint density at radius 3 is 2.21 bits per heavy atom.